The molecule has 0 radical (unpaired) electrons. The number of nitrogens with two attached hydrogens (primary N) is 1. The molecule has 1 atom stereocenters. The monoisotopic (exact) mass is 314 g/mol. The summed E-state index contributed by atoms with van der Waals surface area (Å²) < 4.78 is 0. The van der Waals surface area contributed by atoms with Gasteiger partial charge in [-0.15, -0.1) is 11.3 Å². The molecule has 1 unspecified atom stereocenters. The molecular weight excluding hydrogens is 299 g/mol. The maximum Gasteiger partial charge on any atom is 0.0977 e. The lowest BCUT2D eigenvalue weighted by Crippen LogP contribution is -2.15. The number of thiazole rings is 1. The van der Waals surface area contributed by atoms with Gasteiger partial charge in [0, 0.05) is 27.4 Å². The fourth-order valence-electron chi connectivity index (χ4n) is 1.92. The maximum absolute atomic E-state index is 6.21. The van der Waals surface area contributed by atoms with Crippen molar-refractivity contribution in [3.63, 3.8) is 0 Å². The average molecular weight is 315 g/mol. The van der Waals surface area contributed by atoms with Crippen LogP contribution in [0.3, 0.4) is 0 Å². The minimum Gasteiger partial charge on any atom is -0.330 e. The Morgan fingerprint density at radius 3 is 2.37 bits per heavy atom. The highest BCUT2D eigenvalue weighted by molar-refractivity contribution is 7.11. The molecule has 2 N–H and O–H groups in total. The Bertz CT molecular complexity index is 541. The summed E-state index contributed by atoms with van der Waals surface area (Å²) in [5.74, 6) is 0.162. The average Bonchev–Trinajstić information content (AvgIpc) is 2.69. The van der Waals surface area contributed by atoms with Crippen molar-refractivity contribution in [2.45, 2.75) is 26.2 Å². The Balaban J connectivity index is 2.29. The number of aromatic nitrogens is 1. The van der Waals surface area contributed by atoms with E-state index in [1.165, 1.54) is 4.88 Å². The van der Waals surface area contributed by atoms with E-state index in [0.717, 1.165) is 22.7 Å². The zero-order valence-corrected chi connectivity index (χ0v) is 13.2. The topological polar surface area (TPSA) is 38.9 Å². The first-order chi connectivity index (χ1) is 9.02. The van der Waals surface area contributed by atoms with Crippen molar-refractivity contribution in [3.8, 4) is 0 Å². The Hall–Kier alpha value is -0.610. The normalized spacial score (nSPS) is 12.7. The Morgan fingerprint density at radius 2 is 1.89 bits per heavy atom. The van der Waals surface area contributed by atoms with E-state index in [1.54, 1.807) is 11.3 Å². The van der Waals surface area contributed by atoms with Crippen molar-refractivity contribution in [1.29, 1.82) is 0 Å². The summed E-state index contributed by atoms with van der Waals surface area (Å²) in [6, 6.07) is 5.56. The Kier molecular flexibility index (Phi) is 4.85. The van der Waals surface area contributed by atoms with Gasteiger partial charge < -0.3 is 5.73 Å². The molecular formula is C14H16Cl2N2S. The second-order valence-electron chi connectivity index (χ2n) is 4.53. The van der Waals surface area contributed by atoms with Gasteiger partial charge in [-0.2, -0.15) is 0 Å². The molecule has 0 saturated heterocycles. The molecule has 1 aromatic carbocycles. The molecule has 2 rings (SSSR count). The number of nitrogens with zero attached hydrogens (tertiary/aromatic N) is 1. The summed E-state index contributed by atoms with van der Waals surface area (Å²) in [7, 11) is 0. The van der Waals surface area contributed by atoms with Crippen LogP contribution in [-0.4, -0.2) is 11.5 Å². The van der Waals surface area contributed by atoms with Gasteiger partial charge in [0.05, 0.1) is 10.7 Å². The van der Waals surface area contributed by atoms with Gasteiger partial charge in [-0.05, 0) is 38.0 Å². The number of aryl methyl sites for hydroxylation is 2. The predicted molar refractivity (Wildman–Crippen MR) is 83.5 cm³/mol. The van der Waals surface area contributed by atoms with Crippen LogP contribution in [0.4, 0.5) is 0 Å². The molecule has 2 nitrogen and oxygen atoms in total. The molecule has 0 saturated carbocycles. The third kappa shape index (κ3) is 3.29. The smallest absolute Gasteiger partial charge is 0.0977 e. The molecule has 0 bridgehead atoms. The van der Waals surface area contributed by atoms with Crippen molar-refractivity contribution in [1.82, 2.24) is 4.98 Å². The van der Waals surface area contributed by atoms with Gasteiger partial charge in [-0.3, -0.25) is 0 Å². The third-order valence-corrected chi connectivity index (χ3v) is 5.13. The SMILES string of the molecule is Cc1nc(C(CN)Cc2c(Cl)cccc2Cl)sc1C. The highest BCUT2D eigenvalue weighted by Gasteiger charge is 2.18. The van der Waals surface area contributed by atoms with Crippen molar-refractivity contribution in [3.05, 3.63) is 49.4 Å². The van der Waals surface area contributed by atoms with E-state index in [0.29, 0.717) is 16.6 Å². The fourth-order valence-corrected chi connectivity index (χ4v) is 3.50. The lowest BCUT2D eigenvalue weighted by molar-refractivity contribution is 0.687. The van der Waals surface area contributed by atoms with Gasteiger partial charge in [0.2, 0.25) is 0 Å². The van der Waals surface area contributed by atoms with Crippen LogP contribution in [0.15, 0.2) is 18.2 Å². The Morgan fingerprint density at radius 1 is 1.26 bits per heavy atom. The Labute approximate surface area is 127 Å². The molecule has 102 valence electrons. The molecule has 1 heterocycles. The zero-order valence-electron chi connectivity index (χ0n) is 10.9. The van der Waals surface area contributed by atoms with Crippen molar-refractivity contribution in [2.75, 3.05) is 6.54 Å². The van der Waals surface area contributed by atoms with E-state index in [1.807, 2.05) is 25.1 Å². The molecule has 0 fully saturated rings. The number of hydrogen-bond acceptors (Lipinski definition) is 3. The summed E-state index contributed by atoms with van der Waals surface area (Å²) in [6.45, 7) is 4.63. The first-order valence-corrected chi connectivity index (χ1v) is 7.67. The maximum atomic E-state index is 6.21. The number of hydrogen-bond donors (Lipinski definition) is 1. The lowest BCUT2D eigenvalue weighted by Gasteiger charge is -2.14. The second kappa shape index (κ2) is 6.23. The van der Waals surface area contributed by atoms with Gasteiger partial charge in [0.15, 0.2) is 0 Å². The van der Waals surface area contributed by atoms with E-state index in [9.17, 15) is 0 Å². The van der Waals surface area contributed by atoms with Crippen molar-refractivity contribution in [2.24, 2.45) is 5.73 Å². The molecule has 0 aliphatic rings. The highest BCUT2D eigenvalue weighted by atomic mass is 35.5. The van der Waals surface area contributed by atoms with Gasteiger partial charge in [0.1, 0.15) is 0 Å². The first kappa shape index (κ1) is 14.8. The molecule has 0 spiro atoms. The highest BCUT2D eigenvalue weighted by Crippen LogP contribution is 2.32. The summed E-state index contributed by atoms with van der Waals surface area (Å²) in [6.07, 6.45) is 0.724. The first-order valence-electron chi connectivity index (χ1n) is 6.09. The van der Waals surface area contributed by atoms with Gasteiger partial charge in [-0.1, -0.05) is 29.3 Å². The van der Waals surface area contributed by atoms with Crippen LogP contribution in [0, 0.1) is 13.8 Å². The standard InChI is InChI=1S/C14H16Cl2N2S/c1-8-9(2)19-14(18-8)10(7-17)6-11-12(15)4-3-5-13(11)16/h3-5,10H,6-7,17H2,1-2H3. The van der Waals surface area contributed by atoms with Crippen molar-refractivity contribution >= 4 is 34.5 Å². The minimum atomic E-state index is 0.162. The van der Waals surface area contributed by atoms with Crippen LogP contribution in [0.25, 0.3) is 0 Å². The van der Waals surface area contributed by atoms with Crippen LogP contribution in [0.5, 0.6) is 0 Å². The van der Waals surface area contributed by atoms with Crippen molar-refractivity contribution < 1.29 is 0 Å². The van der Waals surface area contributed by atoms with Crippen LogP contribution < -0.4 is 5.73 Å². The molecule has 19 heavy (non-hydrogen) atoms. The fraction of sp³-hybridized carbons (Fsp3) is 0.357. The number of rotatable bonds is 4. The van der Waals surface area contributed by atoms with Crippen LogP contribution in [0.2, 0.25) is 10.0 Å². The largest absolute Gasteiger partial charge is 0.330 e. The number of benzene rings is 1. The quantitative estimate of drug-likeness (QED) is 0.911. The van der Waals surface area contributed by atoms with Gasteiger partial charge >= 0.3 is 0 Å². The molecule has 1 aromatic heterocycles. The van der Waals surface area contributed by atoms with E-state index in [4.69, 9.17) is 28.9 Å². The summed E-state index contributed by atoms with van der Waals surface area (Å²) in [5, 5.41) is 2.44. The lowest BCUT2D eigenvalue weighted by atomic mass is 10.00. The van der Waals surface area contributed by atoms with Crippen LogP contribution >= 0.6 is 34.5 Å². The van der Waals surface area contributed by atoms with Crippen LogP contribution in [0.1, 0.15) is 27.1 Å². The molecule has 0 amide bonds. The second-order valence-corrected chi connectivity index (χ2v) is 6.58. The van der Waals surface area contributed by atoms with Gasteiger partial charge in [0.25, 0.3) is 0 Å². The third-order valence-electron chi connectivity index (χ3n) is 3.19. The van der Waals surface area contributed by atoms with Gasteiger partial charge in [-0.25, -0.2) is 4.98 Å². The van der Waals surface area contributed by atoms with E-state index in [-0.39, 0.29) is 5.92 Å². The molecule has 2 aromatic rings. The summed E-state index contributed by atoms with van der Waals surface area (Å²) in [5.41, 5.74) is 7.92. The summed E-state index contributed by atoms with van der Waals surface area (Å²) >= 11 is 14.1. The molecule has 0 aliphatic carbocycles. The predicted octanol–water partition coefficient (Wildman–Crippen LogP) is 4.35. The molecule has 0 aliphatic heterocycles. The van der Waals surface area contributed by atoms with E-state index < -0.39 is 0 Å². The van der Waals surface area contributed by atoms with Crippen LogP contribution in [-0.2, 0) is 6.42 Å². The van der Waals surface area contributed by atoms with E-state index in [2.05, 4.69) is 11.9 Å². The number of halogens is 2. The minimum absolute atomic E-state index is 0.162. The molecule has 5 heteroatoms. The summed E-state index contributed by atoms with van der Waals surface area (Å²) in [4.78, 5) is 5.82. The zero-order chi connectivity index (χ0) is 14.0. The van der Waals surface area contributed by atoms with E-state index >= 15 is 0 Å².